The molecule has 0 saturated carbocycles. The lowest BCUT2D eigenvalue weighted by molar-refractivity contribution is 0.315. The number of rotatable bonds is 4. The molecule has 19 heavy (non-hydrogen) atoms. The summed E-state index contributed by atoms with van der Waals surface area (Å²) in [6.45, 7) is 5.81. The molecule has 1 unspecified atom stereocenters. The summed E-state index contributed by atoms with van der Waals surface area (Å²) in [5, 5.41) is 0.296. The predicted molar refractivity (Wildman–Crippen MR) is 82.8 cm³/mol. The Morgan fingerprint density at radius 2 is 1.84 bits per heavy atom. The van der Waals surface area contributed by atoms with Gasteiger partial charge in [0, 0.05) is 23.8 Å². The van der Waals surface area contributed by atoms with E-state index >= 15 is 0 Å². The largest absolute Gasteiger partial charge is 0.398 e. The molecule has 7 heteroatoms. The molecule has 1 rings (SSSR count). The van der Waals surface area contributed by atoms with Crippen LogP contribution in [0.15, 0.2) is 21.5 Å². The van der Waals surface area contributed by atoms with E-state index in [4.69, 9.17) is 17.3 Å². The van der Waals surface area contributed by atoms with Crippen molar-refractivity contribution in [2.24, 2.45) is 5.92 Å². The third kappa shape index (κ3) is 3.42. The lowest BCUT2D eigenvalue weighted by atomic mass is 10.1. The van der Waals surface area contributed by atoms with Crippen LogP contribution in [0.5, 0.6) is 0 Å². The maximum Gasteiger partial charge on any atom is 0.244 e. The quantitative estimate of drug-likeness (QED) is 0.828. The first-order valence-electron chi connectivity index (χ1n) is 5.81. The Labute approximate surface area is 128 Å². The number of nitrogen functional groups attached to an aromatic ring is 1. The Morgan fingerprint density at radius 3 is 2.32 bits per heavy atom. The van der Waals surface area contributed by atoms with Gasteiger partial charge < -0.3 is 5.73 Å². The standard InChI is InChI=1S/C12H18BrClN2O2S/c1-7(2)8(3)16(4)19(17,18)11-6-9(14)5-10(15)12(11)13/h5-8H,15H2,1-4H3. The number of benzene rings is 1. The highest BCUT2D eigenvalue weighted by atomic mass is 79.9. The smallest absolute Gasteiger partial charge is 0.244 e. The van der Waals surface area contributed by atoms with Crippen molar-refractivity contribution in [3.8, 4) is 0 Å². The number of nitrogens with zero attached hydrogens (tertiary/aromatic N) is 1. The van der Waals surface area contributed by atoms with E-state index in [0.29, 0.717) is 15.2 Å². The molecule has 0 aromatic heterocycles. The van der Waals surface area contributed by atoms with E-state index in [1.807, 2.05) is 20.8 Å². The van der Waals surface area contributed by atoms with Crippen molar-refractivity contribution in [3.63, 3.8) is 0 Å². The van der Waals surface area contributed by atoms with E-state index in [1.165, 1.54) is 16.4 Å². The number of hydrogen-bond donors (Lipinski definition) is 1. The minimum Gasteiger partial charge on any atom is -0.398 e. The number of sulfonamides is 1. The molecule has 0 aliphatic heterocycles. The van der Waals surface area contributed by atoms with Gasteiger partial charge in [-0.2, -0.15) is 4.31 Å². The number of anilines is 1. The molecule has 1 aromatic carbocycles. The van der Waals surface area contributed by atoms with E-state index < -0.39 is 10.0 Å². The predicted octanol–water partition coefficient (Wildman–Crippen LogP) is 3.35. The van der Waals surface area contributed by atoms with Crippen molar-refractivity contribution in [2.45, 2.75) is 31.7 Å². The Morgan fingerprint density at radius 1 is 1.32 bits per heavy atom. The molecule has 0 heterocycles. The van der Waals surface area contributed by atoms with Gasteiger partial charge in [-0.3, -0.25) is 0 Å². The fourth-order valence-electron chi connectivity index (χ4n) is 1.57. The van der Waals surface area contributed by atoms with Gasteiger partial charge in [-0.05, 0) is 40.9 Å². The van der Waals surface area contributed by atoms with Gasteiger partial charge in [0.15, 0.2) is 0 Å². The third-order valence-corrected chi connectivity index (χ3v) is 6.56. The van der Waals surface area contributed by atoms with Crippen LogP contribution in [0, 0.1) is 5.92 Å². The molecule has 0 fully saturated rings. The van der Waals surface area contributed by atoms with Crippen LogP contribution in [0.1, 0.15) is 20.8 Å². The minimum atomic E-state index is -3.64. The Balaban J connectivity index is 3.36. The second-order valence-electron chi connectivity index (χ2n) is 4.81. The first-order valence-corrected chi connectivity index (χ1v) is 8.42. The van der Waals surface area contributed by atoms with Crippen molar-refractivity contribution in [1.82, 2.24) is 4.31 Å². The monoisotopic (exact) mass is 368 g/mol. The van der Waals surface area contributed by atoms with Crippen molar-refractivity contribution in [1.29, 1.82) is 0 Å². The average Bonchev–Trinajstić information content (AvgIpc) is 2.31. The molecule has 0 spiro atoms. The van der Waals surface area contributed by atoms with Crippen LogP contribution in [0.3, 0.4) is 0 Å². The van der Waals surface area contributed by atoms with Gasteiger partial charge >= 0.3 is 0 Å². The summed E-state index contributed by atoms with van der Waals surface area (Å²) >= 11 is 9.11. The first-order chi connectivity index (χ1) is 8.59. The SMILES string of the molecule is CC(C)C(C)N(C)S(=O)(=O)c1cc(Cl)cc(N)c1Br. The van der Waals surface area contributed by atoms with Gasteiger partial charge in [0.25, 0.3) is 0 Å². The normalized spacial score (nSPS) is 14.1. The van der Waals surface area contributed by atoms with Crippen molar-refractivity contribution < 1.29 is 8.42 Å². The van der Waals surface area contributed by atoms with Gasteiger partial charge in [0.1, 0.15) is 0 Å². The van der Waals surface area contributed by atoms with E-state index in [9.17, 15) is 8.42 Å². The average molecular weight is 370 g/mol. The highest BCUT2D eigenvalue weighted by molar-refractivity contribution is 9.10. The minimum absolute atomic E-state index is 0.0903. The van der Waals surface area contributed by atoms with E-state index in [2.05, 4.69) is 15.9 Å². The highest BCUT2D eigenvalue weighted by Gasteiger charge is 2.29. The molecule has 4 nitrogen and oxygen atoms in total. The summed E-state index contributed by atoms with van der Waals surface area (Å²) in [5.74, 6) is 0.204. The molecule has 0 saturated heterocycles. The van der Waals surface area contributed by atoms with Gasteiger partial charge in [-0.15, -0.1) is 0 Å². The molecule has 108 valence electrons. The first kappa shape index (κ1) is 16.8. The molecule has 0 radical (unpaired) electrons. The summed E-state index contributed by atoms with van der Waals surface area (Å²) in [6.07, 6.45) is 0. The summed E-state index contributed by atoms with van der Waals surface area (Å²) in [5.41, 5.74) is 6.04. The topological polar surface area (TPSA) is 63.4 Å². The third-order valence-electron chi connectivity index (χ3n) is 3.23. The van der Waals surface area contributed by atoms with Crippen LogP contribution < -0.4 is 5.73 Å². The van der Waals surface area contributed by atoms with Gasteiger partial charge in [0.05, 0.1) is 9.37 Å². The maximum absolute atomic E-state index is 12.6. The molecule has 0 amide bonds. The molecule has 2 N–H and O–H groups in total. The van der Waals surface area contributed by atoms with Gasteiger partial charge in [0.2, 0.25) is 10.0 Å². The summed E-state index contributed by atoms with van der Waals surface area (Å²) in [6, 6.07) is 2.79. The lowest BCUT2D eigenvalue weighted by Gasteiger charge is -2.27. The summed E-state index contributed by atoms with van der Waals surface area (Å²) in [4.78, 5) is 0.0903. The molecule has 0 bridgehead atoms. The van der Waals surface area contributed by atoms with E-state index in [0.717, 1.165) is 0 Å². The van der Waals surface area contributed by atoms with Crippen LogP contribution in [0.25, 0.3) is 0 Å². The van der Waals surface area contributed by atoms with Gasteiger partial charge in [-0.25, -0.2) is 8.42 Å². The molecule has 1 aromatic rings. The number of hydrogen-bond acceptors (Lipinski definition) is 3. The fraction of sp³-hybridized carbons (Fsp3) is 0.500. The van der Waals surface area contributed by atoms with E-state index in [-0.39, 0.29) is 16.9 Å². The van der Waals surface area contributed by atoms with Crippen LogP contribution >= 0.6 is 27.5 Å². The Bertz CT molecular complexity index is 575. The van der Waals surface area contributed by atoms with Gasteiger partial charge in [-0.1, -0.05) is 25.4 Å². The zero-order valence-corrected chi connectivity index (χ0v) is 14.5. The molecular weight excluding hydrogens is 352 g/mol. The molecule has 0 aliphatic carbocycles. The molecule has 0 aliphatic rings. The van der Waals surface area contributed by atoms with Crippen molar-refractivity contribution in [2.75, 3.05) is 12.8 Å². The second-order valence-corrected chi connectivity index (χ2v) is 8.01. The summed E-state index contributed by atoms with van der Waals surface area (Å²) in [7, 11) is -2.08. The van der Waals surface area contributed by atoms with Crippen molar-refractivity contribution >= 4 is 43.2 Å². The van der Waals surface area contributed by atoms with E-state index in [1.54, 1.807) is 7.05 Å². The Hall–Kier alpha value is -0.300. The van der Waals surface area contributed by atoms with Crippen LogP contribution in [0.2, 0.25) is 5.02 Å². The molecule has 1 atom stereocenters. The zero-order chi connectivity index (χ0) is 15.0. The van der Waals surface area contributed by atoms with Crippen LogP contribution in [-0.2, 0) is 10.0 Å². The lowest BCUT2D eigenvalue weighted by Crippen LogP contribution is -2.38. The second kappa shape index (κ2) is 5.99. The number of halogens is 2. The van der Waals surface area contributed by atoms with Crippen LogP contribution in [0.4, 0.5) is 5.69 Å². The maximum atomic E-state index is 12.6. The fourth-order valence-corrected chi connectivity index (χ4v) is 4.31. The van der Waals surface area contributed by atoms with Crippen molar-refractivity contribution in [3.05, 3.63) is 21.6 Å². The Kier molecular flexibility index (Phi) is 5.28. The summed E-state index contributed by atoms with van der Waals surface area (Å²) < 4.78 is 26.9. The zero-order valence-electron chi connectivity index (χ0n) is 11.3. The number of nitrogens with two attached hydrogens (primary N) is 1. The van der Waals surface area contributed by atoms with Crippen LogP contribution in [-0.4, -0.2) is 25.8 Å². The highest BCUT2D eigenvalue weighted by Crippen LogP contribution is 2.33. The molecular formula is C12H18BrClN2O2S.